The first-order chi connectivity index (χ1) is 12.8. The van der Waals surface area contributed by atoms with Gasteiger partial charge in [-0.25, -0.2) is 9.59 Å². The molecule has 1 atom stereocenters. The van der Waals surface area contributed by atoms with Gasteiger partial charge in [0.2, 0.25) is 0 Å². The van der Waals surface area contributed by atoms with Gasteiger partial charge in [0.05, 0.1) is 0 Å². The maximum Gasteiger partial charge on any atom is 0.339 e. The molecule has 144 valence electrons. The summed E-state index contributed by atoms with van der Waals surface area (Å²) in [6.07, 6.45) is 2.54. The van der Waals surface area contributed by atoms with E-state index in [-0.39, 0.29) is 18.2 Å². The summed E-state index contributed by atoms with van der Waals surface area (Å²) in [7, 11) is 0. The van der Waals surface area contributed by atoms with Crippen molar-refractivity contribution in [2.45, 2.75) is 46.1 Å². The van der Waals surface area contributed by atoms with Gasteiger partial charge in [-0.05, 0) is 49.8 Å². The van der Waals surface area contributed by atoms with Crippen LogP contribution in [-0.4, -0.2) is 29.6 Å². The number of hydrogen-bond donors (Lipinski definition) is 2. The Kier molecular flexibility index (Phi) is 5.21. The van der Waals surface area contributed by atoms with E-state index in [4.69, 9.17) is 14.3 Å². The van der Waals surface area contributed by atoms with Gasteiger partial charge in [0.15, 0.2) is 6.61 Å². The van der Waals surface area contributed by atoms with Gasteiger partial charge in [0, 0.05) is 16.5 Å². The maximum absolute atomic E-state index is 12.2. The van der Waals surface area contributed by atoms with Crippen molar-refractivity contribution in [2.24, 2.45) is 5.92 Å². The van der Waals surface area contributed by atoms with Crippen molar-refractivity contribution < 1.29 is 23.8 Å². The van der Waals surface area contributed by atoms with E-state index in [1.165, 1.54) is 0 Å². The molecule has 2 aromatic rings. The second-order valence-corrected chi connectivity index (χ2v) is 7.18. The molecule has 0 bridgehead atoms. The third-order valence-electron chi connectivity index (χ3n) is 4.95. The summed E-state index contributed by atoms with van der Waals surface area (Å²) in [5.74, 6) is -1.43. The highest BCUT2D eigenvalue weighted by atomic mass is 16.5. The van der Waals surface area contributed by atoms with Crippen LogP contribution in [0, 0.1) is 12.8 Å². The van der Waals surface area contributed by atoms with Crippen molar-refractivity contribution in [1.29, 1.82) is 0 Å². The summed E-state index contributed by atoms with van der Waals surface area (Å²) < 4.78 is 11.1. The Bertz CT molecular complexity index is 959. The summed E-state index contributed by atoms with van der Waals surface area (Å²) >= 11 is 0. The van der Waals surface area contributed by atoms with Gasteiger partial charge in [0.1, 0.15) is 17.4 Å². The number of carboxylic acid groups (broad SMARTS) is 1. The maximum atomic E-state index is 12.2. The molecular formula is C20H23NO6. The van der Waals surface area contributed by atoms with Gasteiger partial charge in [-0.2, -0.15) is 0 Å². The fourth-order valence-corrected chi connectivity index (χ4v) is 3.49. The third kappa shape index (κ3) is 3.67. The topological polar surface area (TPSA) is 106 Å². The molecule has 0 saturated carbocycles. The predicted octanol–water partition coefficient (Wildman–Crippen LogP) is 2.19. The van der Waals surface area contributed by atoms with E-state index in [1.807, 2.05) is 6.07 Å². The number of carbonyl (C=O) groups is 2. The van der Waals surface area contributed by atoms with Crippen molar-refractivity contribution in [3.8, 4) is 5.75 Å². The highest BCUT2D eigenvalue weighted by molar-refractivity contribution is 5.87. The zero-order chi connectivity index (χ0) is 19.7. The number of carbonyl (C=O) groups excluding carboxylic acids is 1. The van der Waals surface area contributed by atoms with Crippen LogP contribution in [0.15, 0.2) is 21.3 Å². The standard InChI is InChI=1S/C20H23NO6/c1-10(2)17(19(23)24)21-16(22)9-26-15-8-7-13-12-5-4-6-14(12)20(25)27-18(13)11(15)3/h7-8,10,17H,4-6,9H2,1-3H3,(H,21,22)(H,23,24). The summed E-state index contributed by atoms with van der Waals surface area (Å²) in [4.78, 5) is 35.4. The lowest BCUT2D eigenvalue weighted by Crippen LogP contribution is -2.46. The normalized spacial score (nSPS) is 14.2. The van der Waals surface area contributed by atoms with Crippen molar-refractivity contribution >= 4 is 22.8 Å². The van der Waals surface area contributed by atoms with Crippen LogP contribution >= 0.6 is 0 Å². The number of nitrogens with one attached hydrogen (secondary N) is 1. The highest BCUT2D eigenvalue weighted by Gasteiger charge is 2.24. The Hall–Kier alpha value is -2.83. The van der Waals surface area contributed by atoms with Gasteiger partial charge < -0.3 is 19.6 Å². The second kappa shape index (κ2) is 7.42. The Morgan fingerprint density at radius 3 is 2.63 bits per heavy atom. The quantitative estimate of drug-likeness (QED) is 0.752. The number of hydrogen-bond acceptors (Lipinski definition) is 5. The fourth-order valence-electron chi connectivity index (χ4n) is 3.49. The van der Waals surface area contributed by atoms with Crippen LogP contribution in [0.25, 0.3) is 11.0 Å². The molecule has 1 aromatic carbocycles. The minimum absolute atomic E-state index is 0.245. The molecule has 1 aromatic heterocycles. The number of ether oxygens (including phenoxy) is 1. The number of fused-ring (bicyclic) bond motifs is 3. The van der Waals surface area contributed by atoms with Crippen LogP contribution in [0.1, 0.15) is 37.0 Å². The van der Waals surface area contributed by atoms with E-state index in [9.17, 15) is 14.4 Å². The summed E-state index contributed by atoms with van der Waals surface area (Å²) in [5.41, 5.74) is 2.60. The molecule has 0 aliphatic heterocycles. The third-order valence-corrected chi connectivity index (χ3v) is 4.95. The molecular weight excluding hydrogens is 350 g/mol. The predicted molar refractivity (Wildman–Crippen MR) is 99.1 cm³/mol. The average molecular weight is 373 g/mol. The van der Waals surface area contributed by atoms with Gasteiger partial charge in [-0.1, -0.05) is 13.8 Å². The minimum Gasteiger partial charge on any atom is -0.483 e. The van der Waals surface area contributed by atoms with Crippen LogP contribution in [0.4, 0.5) is 0 Å². The largest absolute Gasteiger partial charge is 0.483 e. The summed E-state index contributed by atoms with van der Waals surface area (Å²) in [5, 5.41) is 12.5. The zero-order valence-electron chi connectivity index (χ0n) is 15.6. The lowest BCUT2D eigenvalue weighted by molar-refractivity contribution is -0.143. The van der Waals surface area contributed by atoms with Crippen LogP contribution in [0.5, 0.6) is 5.75 Å². The molecule has 1 heterocycles. The summed E-state index contributed by atoms with van der Waals surface area (Å²) in [6.45, 7) is 4.88. The first kappa shape index (κ1) is 18.9. The average Bonchev–Trinajstić information content (AvgIpc) is 3.10. The number of aryl methyl sites for hydroxylation is 2. The van der Waals surface area contributed by atoms with Gasteiger partial charge in [-0.15, -0.1) is 0 Å². The molecule has 1 amide bonds. The SMILES string of the molecule is Cc1c(OCC(=O)NC(C(=O)O)C(C)C)ccc2c3c(c(=O)oc12)CCC3. The second-order valence-electron chi connectivity index (χ2n) is 7.18. The first-order valence-corrected chi connectivity index (χ1v) is 9.02. The van der Waals surface area contributed by atoms with Crippen molar-refractivity contribution in [3.05, 3.63) is 39.2 Å². The van der Waals surface area contributed by atoms with Crippen LogP contribution in [0.2, 0.25) is 0 Å². The minimum atomic E-state index is -1.09. The Morgan fingerprint density at radius 2 is 1.96 bits per heavy atom. The number of rotatable bonds is 6. The highest BCUT2D eigenvalue weighted by Crippen LogP contribution is 2.32. The van der Waals surface area contributed by atoms with Crippen molar-refractivity contribution in [2.75, 3.05) is 6.61 Å². The Labute approximate surface area is 156 Å². The van der Waals surface area contributed by atoms with E-state index < -0.39 is 17.9 Å². The number of amides is 1. The van der Waals surface area contributed by atoms with E-state index in [2.05, 4.69) is 5.32 Å². The molecule has 7 nitrogen and oxygen atoms in total. The zero-order valence-corrected chi connectivity index (χ0v) is 15.6. The number of carboxylic acids is 1. The van der Waals surface area contributed by atoms with E-state index in [0.717, 1.165) is 35.8 Å². The van der Waals surface area contributed by atoms with Gasteiger partial charge in [0.25, 0.3) is 5.91 Å². The molecule has 1 aliphatic carbocycles. The fraction of sp³-hybridized carbons (Fsp3) is 0.450. The molecule has 3 rings (SSSR count). The smallest absolute Gasteiger partial charge is 0.339 e. The Morgan fingerprint density at radius 1 is 1.26 bits per heavy atom. The van der Waals surface area contributed by atoms with Gasteiger partial charge >= 0.3 is 11.6 Å². The number of benzene rings is 1. The van der Waals surface area contributed by atoms with E-state index in [0.29, 0.717) is 16.9 Å². The van der Waals surface area contributed by atoms with E-state index >= 15 is 0 Å². The lowest BCUT2D eigenvalue weighted by atomic mass is 10.0. The molecule has 0 radical (unpaired) electrons. The lowest BCUT2D eigenvalue weighted by Gasteiger charge is -2.18. The molecule has 7 heteroatoms. The summed E-state index contributed by atoms with van der Waals surface area (Å²) in [6, 6.07) is 2.62. The number of aliphatic carboxylic acids is 1. The molecule has 0 fully saturated rings. The molecule has 2 N–H and O–H groups in total. The monoisotopic (exact) mass is 373 g/mol. The molecule has 1 aliphatic rings. The molecule has 0 saturated heterocycles. The molecule has 1 unspecified atom stereocenters. The Balaban J connectivity index is 1.79. The van der Waals surface area contributed by atoms with Crippen LogP contribution in [-0.2, 0) is 22.4 Å². The van der Waals surface area contributed by atoms with Crippen LogP contribution in [0.3, 0.4) is 0 Å². The molecule has 27 heavy (non-hydrogen) atoms. The first-order valence-electron chi connectivity index (χ1n) is 9.02. The van der Waals surface area contributed by atoms with Gasteiger partial charge in [-0.3, -0.25) is 4.79 Å². The molecule has 0 spiro atoms. The van der Waals surface area contributed by atoms with E-state index in [1.54, 1.807) is 26.8 Å². The van der Waals surface area contributed by atoms with Crippen molar-refractivity contribution in [1.82, 2.24) is 5.32 Å². The van der Waals surface area contributed by atoms with Crippen molar-refractivity contribution in [3.63, 3.8) is 0 Å². The van der Waals surface area contributed by atoms with Crippen LogP contribution < -0.4 is 15.7 Å².